The molecule has 168 valence electrons. The van der Waals surface area contributed by atoms with E-state index in [1.165, 1.54) is 12.1 Å². The molecule has 4 nitrogen and oxygen atoms in total. The fourth-order valence-corrected chi connectivity index (χ4v) is 5.85. The van der Waals surface area contributed by atoms with E-state index in [2.05, 4.69) is 0 Å². The third-order valence-electron chi connectivity index (χ3n) is 5.08. The van der Waals surface area contributed by atoms with Gasteiger partial charge in [-0.05, 0) is 67.4 Å². The van der Waals surface area contributed by atoms with Crippen LogP contribution >= 0.6 is 65.8 Å². The third-order valence-corrected chi connectivity index (χ3v) is 7.46. The first-order valence-corrected chi connectivity index (χ1v) is 12.7. The van der Waals surface area contributed by atoms with E-state index in [9.17, 15) is 4.57 Å². The van der Waals surface area contributed by atoms with Gasteiger partial charge < -0.3 is 13.6 Å². The first-order valence-electron chi connectivity index (χ1n) is 9.37. The van der Waals surface area contributed by atoms with Crippen LogP contribution < -0.4 is 13.6 Å². The standard InChI is InChI=1S/C22H16Cl5O4P/c1-12-4-3-5-18(13(12)2)29-32(28)30-19-8-6-14(23)10-16(19)21(22(25,26)27)17-11-15(24)7-9-20(17)31-32/h3-11,21H,1-2H3. The van der Waals surface area contributed by atoms with Crippen molar-refractivity contribution in [2.24, 2.45) is 0 Å². The van der Waals surface area contributed by atoms with E-state index >= 15 is 0 Å². The summed E-state index contributed by atoms with van der Waals surface area (Å²) < 4.78 is 29.5. The molecule has 0 unspecified atom stereocenters. The number of halogens is 5. The molecule has 0 amide bonds. The molecule has 0 aromatic heterocycles. The van der Waals surface area contributed by atoms with Crippen LogP contribution in [0.15, 0.2) is 54.6 Å². The number of fused-ring (bicyclic) bond motifs is 2. The number of phosphoric ester groups is 1. The lowest BCUT2D eigenvalue weighted by Gasteiger charge is -2.32. The maximum atomic E-state index is 13.9. The Hall–Kier alpha value is -1.26. The van der Waals surface area contributed by atoms with Gasteiger partial charge in [0.15, 0.2) is 0 Å². The Morgan fingerprint density at radius 3 is 1.91 bits per heavy atom. The van der Waals surface area contributed by atoms with Crippen LogP contribution in [0.1, 0.15) is 28.2 Å². The van der Waals surface area contributed by atoms with Crippen molar-refractivity contribution in [3.05, 3.63) is 86.9 Å². The minimum Gasteiger partial charge on any atom is -0.386 e. The van der Waals surface area contributed by atoms with Crippen molar-refractivity contribution >= 4 is 65.8 Å². The predicted octanol–water partition coefficient (Wildman–Crippen LogP) is 9.07. The van der Waals surface area contributed by atoms with E-state index in [1.807, 2.05) is 19.9 Å². The molecule has 0 aliphatic carbocycles. The highest BCUT2D eigenvalue weighted by atomic mass is 35.6. The summed E-state index contributed by atoms with van der Waals surface area (Å²) in [5.74, 6) is -0.239. The maximum Gasteiger partial charge on any atom is 0.647 e. The first kappa shape index (κ1) is 23.9. The predicted molar refractivity (Wildman–Crippen MR) is 130 cm³/mol. The molecule has 32 heavy (non-hydrogen) atoms. The molecule has 1 aliphatic rings. The highest BCUT2D eigenvalue weighted by Gasteiger charge is 2.45. The zero-order valence-corrected chi connectivity index (χ0v) is 21.4. The Morgan fingerprint density at radius 1 is 0.875 bits per heavy atom. The van der Waals surface area contributed by atoms with Gasteiger partial charge in [0.2, 0.25) is 3.79 Å². The number of aryl methyl sites for hydroxylation is 1. The van der Waals surface area contributed by atoms with E-state index in [0.717, 1.165) is 11.1 Å². The molecule has 0 radical (unpaired) electrons. The minimum atomic E-state index is -4.24. The molecule has 1 aliphatic heterocycles. The van der Waals surface area contributed by atoms with Gasteiger partial charge in [0, 0.05) is 21.2 Å². The number of hydrogen-bond donors (Lipinski definition) is 0. The van der Waals surface area contributed by atoms with Gasteiger partial charge in [-0.1, -0.05) is 70.1 Å². The molecular weight excluding hydrogens is 536 g/mol. The molecule has 4 rings (SSSR count). The SMILES string of the molecule is Cc1cccc(OP2(=O)Oc3ccc(Cl)cc3C(C(Cl)(Cl)Cl)c3cc(Cl)ccc3O2)c1C. The quantitative estimate of drug-likeness (QED) is 0.235. The van der Waals surface area contributed by atoms with Gasteiger partial charge in [-0.15, -0.1) is 0 Å². The molecule has 0 spiro atoms. The van der Waals surface area contributed by atoms with Crippen LogP contribution in [0, 0.1) is 13.8 Å². The lowest BCUT2D eigenvalue weighted by molar-refractivity contribution is 0.292. The third kappa shape index (κ3) is 4.82. The fraction of sp³-hybridized carbons (Fsp3) is 0.182. The molecular formula is C22H16Cl5O4P. The van der Waals surface area contributed by atoms with Gasteiger partial charge in [-0.2, -0.15) is 4.57 Å². The van der Waals surface area contributed by atoms with Crippen molar-refractivity contribution in [2.45, 2.75) is 23.6 Å². The highest BCUT2D eigenvalue weighted by molar-refractivity contribution is 7.49. The van der Waals surface area contributed by atoms with Crippen molar-refractivity contribution in [1.82, 2.24) is 0 Å². The van der Waals surface area contributed by atoms with Crippen molar-refractivity contribution < 1.29 is 18.1 Å². The summed E-state index contributed by atoms with van der Waals surface area (Å²) in [7, 11) is -4.24. The van der Waals surface area contributed by atoms with Gasteiger partial charge in [-0.25, -0.2) is 0 Å². The minimum absolute atomic E-state index is 0.144. The summed E-state index contributed by atoms with van der Waals surface area (Å²) in [4.78, 5) is 0. The summed E-state index contributed by atoms with van der Waals surface area (Å²) in [6, 6.07) is 14.7. The summed E-state index contributed by atoms with van der Waals surface area (Å²) in [5.41, 5.74) is 2.55. The molecule has 0 atom stereocenters. The monoisotopic (exact) mass is 550 g/mol. The Balaban J connectivity index is 1.93. The molecule has 0 saturated carbocycles. The van der Waals surface area contributed by atoms with E-state index in [0.29, 0.717) is 26.9 Å². The number of benzene rings is 3. The van der Waals surface area contributed by atoms with Gasteiger partial charge in [-0.3, -0.25) is 0 Å². The molecule has 0 bridgehead atoms. The largest absolute Gasteiger partial charge is 0.647 e. The van der Waals surface area contributed by atoms with Crippen LogP contribution in [0.4, 0.5) is 0 Å². The number of phosphoric acid groups is 1. The summed E-state index contributed by atoms with van der Waals surface area (Å²) in [6.45, 7) is 3.76. The molecule has 3 aromatic rings. The van der Waals surface area contributed by atoms with Crippen molar-refractivity contribution in [2.75, 3.05) is 0 Å². The van der Waals surface area contributed by atoms with Gasteiger partial charge in [0.25, 0.3) is 0 Å². The Morgan fingerprint density at radius 2 is 1.41 bits per heavy atom. The van der Waals surface area contributed by atoms with Crippen molar-refractivity contribution in [3.8, 4) is 17.2 Å². The Kier molecular flexibility index (Phi) is 6.59. The second kappa shape index (κ2) is 8.83. The lowest BCUT2D eigenvalue weighted by Crippen LogP contribution is -2.23. The molecule has 0 N–H and O–H groups in total. The van der Waals surface area contributed by atoms with Crippen molar-refractivity contribution in [3.63, 3.8) is 0 Å². The van der Waals surface area contributed by atoms with Crippen molar-refractivity contribution in [1.29, 1.82) is 0 Å². The molecule has 1 heterocycles. The molecule has 10 heteroatoms. The maximum absolute atomic E-state index is 13.9. The average Bonchev–Trinajstić information content (AvgIpc) is 2.68. The van der Waals surface area contributed by atoms with E-state index in [1.54, 1.807) is 36.4 Å². The number of alkyl halides is 3. The Labute approximate surface area is 210 Å². The zero-order chi connectivity index (χ0) is 23.3. The first-order chi connectivity index (χ1) is 15.0. The van der Waals surface area contributed by atoms with E-state index < -0.39 is 17.5 Å². The van der Waals surface area contributed by atoms with E-state index in [4.69, 9.17) is 71.6 Å². The van der Waals surface area contributed by atoms with Gasteiger partial charge in [0.05, 0.1) is 5.92 Å². The van der Waals surface area contributed by atoms with Crippen LogP contribution in [0.5, 0.6) is 17.2 Å². The normalized spacial score (nSPS) is 20.2. The average molecular weight is 553 g/mol. The number of rotatable bonds is 2. The van der Waals surface area contributed by atoms with E-state index in [-0.39, 0.29) is 11.5 Å². The van der Waals surface area contributed by atoms with Crippen LogP contribution in [-0.2, 0) is 4.57 Å². The number of hydrogen-bond acceptors (Lipinski definition) is 4. The topological polar surface area (TPSA) is 44.8 Å². The molecule has 0 saturated heterocycles. The van der Waals surface area contributed by atoms with Gasteiger partial charge in [0.1, 0.15) is 17.2 Å². The second-order valence-corrected chi connectivity index (χ2v) is 11.9. The summed E-state index contributed by atoms with van der Waals surface area (Å²) in [5, 5.41) is 0.754. The Bertz CT molecular complexity index is 1180. The van der Waals surface area contributed by atoms with Crippen LogP contribution in [0.2, 0.25) is 10.0 Å². The second-order valence-electron chi connectivity index (χ2n) is 7.26. The van der Waals surface area contributed by atoms with Crippen LogP contribution in [0.3, 0.4) is 0 Å². The smallest absolute Gasteiger partial charge is 0.386 e. The molecule has 3 aromatic carbocycles. The zero-order valence-electron chi connectivity index (χ0n) is 16.7. The summed E-state index contributed by atoms with van der Waals surface area (Å²) in [6.07, 6.45) is 0. The van der Waals surface area contributed by atoms with Crippen LogP contribution in [0.25, 0.3) is 0 Å². The fourth-order valence-electron chi connectivity index (χ4n) is 3.42. The van der Waals surface area contributed by atoms with Gasteiger partial charge >= 0.3 is 7.82 Å². The lowest BCUT2D eigenvalue weighted by atomic mass is 9.91. The highest BCUT2D eigenvalue weighted by Crippen LogP contribution is 2.59. The molecule has 0 fully saturated rings. The summed E-state index contributed by atoms with van der Waals surface area (Å²) >= 11 is 31.6. The van der Waals surface area contributed by atoms with Crippen LogP contribution in [-0.4, -0.2) is 3.79 Å².